The zero-order chi connectivity index (χ0) is 13.0. The summed E-state index contributed by atoms with van der Waals surface area (Å²) in [5, 5.41) is 0. The number of rotatable bonds is 0. The van der Waals surface area contributed by atoms with E-state index in [-0.39, 0.29) is 5.91 Å². The lowest BCUT2D eigenvalue weighted by atomic mass is 10.0. The fraction of sp³-hybridized carbons (Fsp3) is 0.188. The molecule has 1 amide bonds. The van der Waals surface area contributed by atoms with Crippen molar-refractivity contribution in [2.45, 2.75) is 19.3 Å². The Morgan fingerprint density at radius 2 is 1.84 bits per heavy atom. The van der Waals surface area contributed by atoms with Crippen LogP contribution in [0.4, 0.5) is 5.69 Å². The number of carbonyl (C=O) groups excluding carboxylic acids is 1. The highest BCUT2D eigenvalue weighted by molar-refractivity contribution is 6.12. The van der Waals surface area contributed by atoms with E-state index >= 15 is 0 Å². The number of nitrogens with zero attached hydrogens (tertiary/aromatic N) is 1. The predicted molar refractivity (Wildman–Crippen MR) is 71.8 cm³/mol. The summed E-state index contributed by atoms with van der Waals surface area (Å²) in [6.45, 7) is 2.50. The first-order chi connectivity index (χ1) is 9.22. The van der Waals surface area contributed by atoms with Gasteiger partial charge in [0.15, 0.2) is 5.72 Å². The van der Waals surface area contributed by atoms with Crippen molar-refractivity contribution >= 4 is 11.6 Å². The number of amides is 1. The molecule has 0 spiro atoms. The summed E-state index contributed by atoms with van der Waals surface area (Å²) in [5.41, 5.74) is 3.02. The molecule has 2 aromatic rings. The van der Waals surface area contributed by atoms with Crippen molar-refractivity contribution in [2.75, 3.05) is 4.90 Å². The van der Waals surface area contributed by atoms with Crippen LogP contribution in [0.15, 0.2) is 48.5 Å². The summed E-state index contributed by atoms with van der Waals surface area (Å²) >= 11 is 0. The van der Waals surface area contributed by atoms with Crippen LogP contribution >= 0.6 is 0 Å². The van der Waals surface area contributed by atoms with E-state index in [4.69, 9.17) is 4.74 Å². The van der Waals surface area contributed by atoms with E-state index in [0.29, 0.717) is 6.61 Å². The minimum atomic E-state index is -0.679. The van der Waals surface area contributed by atoms with E-state index in [1.807, 2.05) is 55.5 Å². The molecule has 2 heterocycles. The Bertz CT molecular complexity index is 695. The zero-order valence-corrected chi connectivity index (χ0v) is 10.6. The molecular formula is C16H13NO2. The zero-order valence-electron chi connectivity index (χ0n) is 10.6. The molecule has 0 aromatic heterocycles. The van der Waals surface area contributed by atoms with Gasteiger partial charge in [-0.05, 0) is 19.1 Å². The van der Waals surface area contributed by atoms with Gasteiger partial charge in [-0.2, -0.15) is 0 Å². The summed E-state index contributed by atoms with van der Waals surface area (Å²) in [7, 11) is 0. The molecule has 19 heavy (non-hydrogen) atoms. The highest BCUT2D eigenvalue weighted by Crippen LogP contribution is 2.47. The normalized spacial score (nSPS) is 23.8. The lowest BCUT2D eigenvalue weighted by Gasteiger charge is -2.40. The third-order valence-corrected chi connectivity index (χ3v) is 4.03. The molecular weight excluding hydrogens is 238 g/mol. The topological polar surface area (TPSA) is 29.5 Å². The summed E-state index contributed by atoms with van der Waals surface area (Å²) < 4.78 is 6.02. The van der Waals surface area contributed by atoms with Gasteiger partial charge in [-0.1, -0.05) is 36.4 Å². The second-order valence-corrected chi connectivity index (χ2v) is 5.09. The lowest BCUT2D eigenvalue weighted by molar-refractivity contribution is -0.0497. The second kappa shape index (κ2) is 3.45. The van der Waals surface area contributed by atoms with Gasteiger partial charge in [-0.3, -0.25) is 9.69 Å². The summed E-state index contributed by atoms with van der Waals surface area (Å²) in [6.07, 6.45) is 0. The van der Waals surface area contributed by atoms with Crippen LogP contribution < -0.4 is 4.90 Å². The number of fused-ring (bicyclic) bond motifs is 5. The largest absolute Gasteiger partial charge is 0.346 e. The molecule has 0 radical (unpaired) electrons. The number of benzene rings is 2. The lowest BCUT2D eigenvalue weighted by Crippen LogP contribution is -2.46. The molecule has 2 aliphatic heterocycles. The number of anilines is 1. The molecule has 0 saturated heterocycles. The molecule has 2 aromatic carbocycles. The van der Waals surface area contributed by atoms with Gasteiger partial charge in [-0.25, -0.2) is 0 Å². The van der Waals surface area contributed by atoms with E-state index < -0.39 is 5.72 Å². The number of hydrogen-bond donors (Lipinski definition) is 0. The summed E-state index contributed by atoms with van der Waals surface area (Å²) in [4.78, 5) is 14.4. The van der Waals surface area contributed by atoms with Gasteiger partial charge in [0.25, 0.3) is 5.91 Å². The summed E-state index contributed by atoms with van der Waals surface area (Å²) in [5.74, 6) is 0.0188. The van der Waals surface area contributed by atoms with Crippen LogP contribution in [0.25, 0.3) is 0 Å². The second-order valence-electron chi connectivity index (χ2n) is 5.09. The Morgan fingerprint density at radius 3 is 2.74 bits per heavy atom. The van der Waals surface area contributed by atoms with E-state index in [2.05, 4.69) is 0 Å². The van der Waals surface area contributed by atoms with E-state index in [9.17, 15) is 4.79 Å². The first-order valence-corrected chi connectivity index (χ1v) is 6.38. The Kier molecular flexibility index (Phi) is 1.96. The van der Waals surface area contributed by atoms with Gasteiger partial charge >= 0.3 is 0 Å². The molecule has 4 rings (SSSR count). The van der Waals surface area contributed by atoms with Crippen LogP contribution in [0.2, 0.25) is 0 Å². The molecule has 1 atom stereocenters. The van der Waals surface area contributed by atoms with Crippen LogP contribution in [-0.4, -0.2) is 5.91 Å². The minimum absolute atomic E-state index is 0.0188. The van der Waals surface area contributed by atoms with Gasteiger partial charge in [0.05, 0.1) is 12.3 Å². The van der Waals surface area contributed by atoms with Crippen LogP contribution in [0, 0.1) is 0 Å². The van der Waals surface area contributed by atoms with E-state index in [0.717, 1.165) is 22.4 Å². The first-order valence-electron chi connectivity index (χ1n) is 6.38. The predicted octanol–water partition coefficient (Wildman–Crippen LogP) is 3.05. The fourth-order valence-corrected chi connectivity index (χ4v) is 3.06. The number of hydrogen-bond acceptors (Lipinski definition) is 2. The molecule has 1 unspecified atom stereocenters. The minimum Gasteiger partial charge on any atom is -0.346 e. The molecule has 3 heteroatoms. The van der Waals surface area contributed by atoms with Crippen LogP contribution in [0.3, 0.4) is 0 Å². The van der Waals surface area contributed by atoms with Crippen molar-refractivity contribution in [3.05, 3.63) is 65.2 Å². The van der Waals surface area contributed by atoms with Gasteiger partial charge < -0.3 is 4.74 Å². The number of carbonyl (C=O) groups is 1. The van der Waals surface area contributed by atoms with Gasteiger partial charge in [0, 0.05) is 16.7 Å². The van der Waals surface area contributed by atoms with E-state index in [1.54, 1.807) is 4.90 Å². The molecule has 3 nitrogen and oxygen atoms in total. The van der Waals surface area contributed by atoms with Crippen molar-refractivity contribution < 1.29 is 9.53 Å². The molecule has 0 N–H and O–H groups in total. The molecule has 94 valence electrons. The quantitative estimate of drug-likeness (QED) is 0.720. The maximum Gasteiger partial charge on any atom is 0.261 e. The van der Waals surface area contributed by atoms with Crippen molar-refractivity contribution in [3.63, 3.8) is 0 Å². The summed E-state index contributed by atoms with van der Waals surface area (Å²) in [6, 6.07) is 15.6. The Hall–Kier alpha value is -2.13. The standard InChI is InChI=1S/C16H13NO2/c1-16-13-8-4-3-7-12(13)15(18)17(16)14-9-5-2-6-11(14)10-19-16/h2-9H,10H2,1H3. The SMILES string of the molecule is CC12OCc3ccccc3N1C(=O)c1ccccc12. The Morgan fingerprint density at radius 1 is 1.11 bits per heavy atom. The third-order valence-electron chi connectivity index (χ3n) is 4.03. The van der Waals surface area contributed by atoms with Crippen molar-refractivity contribution in [2.24, 2.45) is 0 Å². The molecule has 0 bridgehead atoms. The Balaban J connectivity index is 1.99. The molecule has 0 fully saturated rings. The fourth-order valence-electron chi connectivity index (χ4n) is 3.06. The Labute approximate surface area is 111 Å². The van der Waals surface area contributed by atoms with E-state index in [1.165, 1.54) is 0 Å². The average Bonchev–Trinajstić information content (AvgIpc) is 2.69. The molecule has 2 aliphatic rings. The van der Waals surface area contributed by atoms with Crippen LogP contribution in [0.5, 0.6) is 0 Å². The maximum atomic E-state index is 12.6. The van der Waals surface area contributed by atoms with Crippen LogP contribution in [-0.2, 0) is 17.1 Å². The highest BCUT2D eigenvalue weighted by atomic mass is 16.5. The van der Waals surface area contributed by atoms with Gasteiger partial charge in [0.1, 0.15) is 0 Å². The van der Waals surface area contributed by atoms with Gasteiger partial charge in [-0.15, -0.1) is 0 Å². The number of para-hydroxylation sites is 1. The highest BCUT2D eigenvalue weighted by Gasteiger charge is 2.50. The average molecular weight is 251 g/mol. The van der Waals surface area contributed by atoms with Crippen LogP contribution in [0.1, 0.15) is 28.4 Å². The van der Waals surface area contributed by atoms with Gasteiger partial charge in [0.2, 0.25) is 0 Å². The van der Waals surface area contributed by atoms with Crippen molar-refractivity contribution in [1.82, 2.24) is 0 Å². The molecule has 0 saturated carbocycles. The van der Waals surface area contributed by atoms with Crippen molar-refractivity contribution in [1.29, 1.82) is 0 Å². The molecule has 0 aliphatic carbocycles. The number of ether oxygens (including phenoxy) is 1. The smallest absolute Gasteiger partial charge is 0.261 e. The first kappa shape index (κ1) is 10.8. The van der Waals surface area contributed by atoms with Crippen molar-refractivity contribution in [3.8, 4) is 0 Å². The maximum absolute atomic E-state index is 12.6. The third kappa shape index (κ3) is 1.23. The monoisotopic (exact) mass is 251 g/mol.